The van der Waals surface area contributed by atoms with E-state index in [1.165, 1.54) is 16.7 Å². The monoisotopic (exact) mass is 423 g/mol. The van der Waals surface area contributed by atoms with Crippen molar-refractivity contribution in [3.8, 4) is 16.9 Å². The van der Waals surface area contributed by atoms with Crippen molar-refractivity contribution in [3.05, 3.63) is 85.9 Å². The number of hydrogen-bond donors (Lipinski definition) is 1. The molecule has 0 aliphatic carbocycles. The summed E-state index contributed by atoms with van der Waals surface area (Å²) in [6, 6.07) is 11.6. The van der Waals surface area contributed by atoms with E-state index in [4.69, 9.17) is 11.6 Å². The van der Waals surface area contributed by atoms with E-state index >= 15 is 0 Å². The topological polar surface area (TPSA) is 77.1 Å². The van der Waals surface area contributed by atoms with Gasteiger partial charge in [0.2, 0.25) is 5.78 Å². The Morgan fingerprint density at radius 3 is 2.53 bits per heavy atom. The number of aryl methyl sites for hydroxylation is 2. The summed E-state index contributed by atoms with van der Waals surface area (Å²) >= 11 is 6.36. The van der Waals surface area contributed by atoms with Crippen LogP contribution in [0.15, 0.2) is 58.3 Å². The van der Waals surface area contributed by atoms with Crippen molar-refractivity contribution in [3.63, 3.8) is 0 Å². The number of aromatic nitrogens is 5. The van der Waals surface area contributed by atoms with Crippen molar-refractivity contribution in [1.29, 1.82) is 0 Å². The number of nitrogens with one attached hydrogen (secondary N) is 1. The van der Waals surface area contributed by atoms with Crippen LogP contribution in [-0.2, 0) is 7.05 Å². The molecule has 0 bridgehead atoms. The summed E-state index contributed by atoms with van der Waals surface area (Å²) in [5, 5.41) is 0.575. The van der Waals surface area contributed by atoms with Crippen LogP contribution in [0.25, 0.3) is 33.9 Å². The standard InChI is InChI=1S/C21H15ClFN5O2/c1-11-3-8-14(9-15(11)22)28-16(12-4-6-13(23)7-5-12)10-27-17-18(24-20(27)28)26(2)21(30)25-19(17)29/h3-10H,1-2H3,(H,25,29,30). The Morgan fingerprint density at radius 1 is 1.10 bits per heavy atom. The van der Waals surface area contributed by atoms with Gasteiger partial charge in [-0.25, -0.2) is 9.18 Å². The largest absolute Gasteiger partial charge is 0.329 e. The molecule has 3 heterocycles. The van der Waals surface area contributed by atoms with Crippen LogP contribution in [0.5, 0.6) is 0 Å². The zero-order chi connectivity index (χ0) is 21.2. The minimum Gasteiger partial charge on any atom is -0.279 e. The molecule has 9 heteroatoms. The van der Waals surface area contributed by atoms with Crippen molar-refractivity contribution in [2.75, 3.05) is 0 Å². The van der Waals surface area contributed by atoms with E-state index in [2.05, 4.69) is 9.97 Å². The minimum atomic E-state index is -0.544. The number of imidazole rings is 2. The van der Waals surface area contributed by atoms with Crippen LogP contribution in [0, 0.1) is 12.7 Å². The fourth-order valence-corrected chi connectivity index (χ4v) is 3.73. The first-order valence-electron chi connectivity index (χ1n) is 9.10. The molecule has 30 heavy (non-hydrogen) atoms. The van der Waals surface area contributed by atoms with E-state index in [9.17, 15) is 14.0 Å². The highest BCUT2D eigenvalue weighted by Crippen LogP contribution is 2.30. The molecule has 0 radical (unpaired) electrons. The van der Waals surface area contributed by atoms with Gasteiger partial charge in [0.15, 0.2) is 11.2 Å². The lowest BCUT2D eigenvalue weighted by Gasteiger charge is -2.10. The average Bonchev–Trinajstić information content (AvgIpc) is 3.25. The predicted molar refractivity (Wildman–Crippen MR) is 113 cm³/mol. The molecule has 0 aliphatic rings. The smallest absolute Gasteiger partial charge is 0.279 e. The number of aromatic amines is 1. The van der Waals surface area contributed by atoms with E-state index in [1.54, 1.807) is 35.8 Å². The number of rotatable bonds is 2. The number of halogens is 2. The van der Waals surface area contributed by atoms with Crippen molar-refractivity contribution in [2.24, 2.45) is 7.05 Å². The first-order chi connectivity index (χ1) is 14.3. The second-order valence-corrected chi connectivity index (χ2v) is 7.47. The van der Waals surface area contributed by atoms with E-state index in [1.807, 2.05) is 23.6 Å². The predicted octanol–water partition coefficient (Wildman–Crippen LogP) is 3.43. The summed E-state index contributed by atoms with van der Waals surface area (Å²) in [5.74, 6) is 0.0767. The van der Waals surface area contributed by atoms with Gasteiger partial charge in [0, 0.05) is 23.8 Å². The van der Waals surface area contributed by atoms with Crippen LogP contribution in [0.2, 0.25) is 5.02 Å². The third kappa shape index (κ3) is 2.61. The SMILES string of the molecule is Cc1ccc(-n2c(-c3ccc(F)cc3)cn3c4c(=O)[nH]c(=O)n(C)c4nc23)cc1Cl. The van der Waals surface area contributed by atoms with Gasteiger partial charge in [0.25, 0.3) is 5.56 Å². The molecule has 1 N–H and O–H groups in total. The molecule has 3 aromatic heterocycles. The van der Waals surface area contributed by atoms with Gasteiger partial charge in [0.05, 0.1) is 11.4 Å². The molecule has 0 saturated heterocycles. The summed E-state index contributed by atoms with van der Waals surface area (Å²) in [6.45, 7) is 1.90. The first kappa shape index (κ1) is 18.4. The summed E-state index contributed by atoms with van der Waals surface area (Å²) < 4.78 is 18.2. The van der Waals surface area contributed by atoms with E-state index < -0.39 is 11.2 Å². The maximum absolute atomic E-state index is 13.5. The van der Waals surface area contributed by atoms with Gasteiger partial charge < -0.3 is 0 Å². The second-order valence-electron chi connectivity index (χ2n) is 7.06. The quantitative estimate of drug-likeness (QED) is 0.472. The Hall–Kier alpha value is -3.65. The summed E-state index contributed by atoms with van der Waals surface area (Å²) in [5.41, 5.74) is 2.47. The lowest BCUT2D eigenvalue weighted by atomic mass is 10.1. The third-order valence-corrected chi connectivity index (χ3v) is 5.59. The molecule has 5 aromatic rings. The Balaban J connectivity index is 1.94. The Morgan fingerprint density at radius 2 is 1.83 bits per heavy atom. The fourth-order valence-electron chi connectivity index (χ4n) is 3.56. The maximum atomic E-state index is 13.5. The Labute approximate surface area is 173 Å². The molecule has 150 valence electrons. The molecule has 5 rings (SSSR count). The van der Waals surface area contributed by atoms with Gasteiger partial charge in [-0.15, -0.1) is 0 Å². The lowest BCUT2D eigenvalue weighted by molar-refractivity contribution is 0.628. The van der Waals surface area contributed by atoms with E-state index in [0.717, 1.165) is 16.8 Å². The highest BCUT2D eigenvalue weighted by Gasteiger charge is 2.21. The Bertz CT molecular complexity index is 1570. The van der Waals surface area contributed by atoms with Crippen LogP contribution in [0.3, 0.4) is 0 Å². The average molecular weight is 424 g/mol. The Kier molecular flexibility index (Phi) is 3.94. The van der Waals surface area contributed by atoms with Gasteiger partial charge in [-0.05, 0) is 48.9 Å². The first-order valence-corrected chi connectivity index (χ1v) is 9.48. The molecule has 7 nitrogen and oxygen atoms in total. The van der Waals surface area contributed by atoms with E-state index in [-0.39, 0.29) is 17.0 Å². The highest BCUT2D eigenvalue weighted by atomic mass is 35.5. The van der Waals surface area contributed by atoms with Gasteiger partial charge in [-0.2, -0.15) is 4.98 Å². The van der Waals surface area contributed by atoms with Gasteiger partial charge in [-0.1, -0.05) is 17.7 Å². The molecular weight excluding hydrogens is 409 g/mol. The number of H-pyrrole nitrogens is 1. The zero-order valence-corrected chi connectivity index (χ0v) is 16.7. The number of hydrogen-bond acceptors (Lipinski definition) is 3. The molecule has 2 aromatic carbocycles. The number of nitrogens with zero attached hydrogens (tertiary/aromatic N) is 4. The molecular formula is C21H15ClFN5O2. The third-order valence-electron chi connectivity index (χ3n) is 5.18. The zero-order valence-electron chi connectivity index (χ0n) is 16.0. The van der Waals surface area contributed by atoms with Crippen molar-refractivity contribution >= 4 is 28.5 Å². The van der Waals surface area contributed by atoms with Gasteiger partial charge >= 0.3 is 5.69 Å². The lowest BCUT2D eigenvalue weighted by Crippen LogP contribution is -2.28. The van der Waals surface area contributed by atoms with Crippen LogP contribution >= 0.6 is 11.6 Å². The second kappa shape index (κ2) is 6.43. The fraction of sp³-hybridized carbons (Fsp3) is 0.0952. The molecule has 0 aliphatic heterocycles. The molecule has 0 saturated carbocycles. The van der Waals surface area contributed by atoms with Crippen LogP contribution in [0.1, 0.15) is 5.56 Å². The molecule has 0 unspecified atom stereocenters. The van der Waals surface area contributed by atoms with Crippen molar-refractivity contribution < 1.29 is 4.39 Å². The van der Waals surface area contributed by atoms with E-state index in [0.29, 0.717) is 16.5 Å². The van der Waals surface area contributed by atoms with Gasteiger partial charge in [0.1, 0.15) is 5.82 Å². The normalized spacial score (nSPS) is 11.6. The van der Waals surface area contributed by atoms with Crippen LogP contribution in [-0.4, -0.2) is 23.5 Å². The molecule has 0 fully saturated rings. The summed E-state index contributed by atoms with van der Waals surface area (Å²) in [6.07, 6.45) is 1.74. The van der Waals surface area contributed by atoms with Crippen LogP contribution < -0.4 is 11.2 Å². The number of benzene rings is 2. The minimum absolute atomic E-state index is 0.243. The van der Waals surface area contributed by atoms with Gasteiger partial charge in [-0.3, -0.25) is 23.3 Å². The number of fused-ring (bicyclic) bond motifs is 3. The molecule has 0 amide bonds. The van der Waals surface area contributed by atoms with Crippen molar-refractivity contribution in [2.45, 2.75) is 6.92 Å². The summed E-state index contributed by atoms with van der Waals surface area (Å²) in [7, 11) is 1.54. The summed E-state index contributed by atoms with van der Waals surface area (Å²) in [4.78, 5) is 31.4. The van der Waals surface area contributed by atoms with Crippen molar-refractivity contribution in [1.82, 2.24) is 23.5 Å². The maximum Gasteiger partial charge on any atom is 0.329 e. The van der Waals surface area contributed by atoms with Crippen LogP contribution in [0.4, 0.5) is 4.39 Å². The highest BCUT2D eigenvalue weighted by molar-refractivity contribution is 6.31. The molecule has 0 spiro atoms. The molecule has 0 atom stereocenters.